The second-order valence-corrected chi connectivity index (χ2v) is 7.38. The Morgan fingerprint density at radius 2 is 1.90 bits per heavy atom. The van der Waals surface area contributed by atoms with Gasteiger partial charge in [-0.2, -0.15) is 0 Å². The van der Waals surface area contributed by atoms with Crippen LogP contribution in [0, 0.1) is 0 Å². The third-order valence-electron chi connectivity index (χ3n) is 5.30. The van der Waals surface area contributed by atoms with E-state index >= 15 is 0 Å². The molecular formula is C23H22N2O4. The molecule has 1 aliphatic heterocycles. The van der Waals surface area contributed by atoms with Gasteiger partial charge in [0, 0.05) is 24.6 Å². The predicted octanol–water partition coefficient (Wildman–Crippen LogP) is 4.61. The summed E-state index contributed by atoms with van der Waals surface area (Å²) < 4.78 is 16.9. The van der Waals surface area contributed by atoms with E-state index in [1.54, 1.807) is 4.90 Å². The van der Waals surface area contributed by atoms with Crippen LogP contribution >= 0.6 is 0 Å². The van der Waals surface area contributed by atoms with E-state index in [2.05, 4.69) is 4.98 Å². The first-order valence-electron chi connectivity index (χ1n) is 9.97. The van der Waals surface area contributed by atoms with E-state index in [0.29, 0.717) is 30.6 Å². The van der Waals surface area contributed by atoms with Gasteiger partial charge in [0.05, 0.1) is 0 Å². The van der Waals surface area contributed by atoms with E-state index in [1.807, 2.05) is 55.5 Å². The van der Waals surface area contributed by atoms with Gasteiger partial charge in [0.15, 0.2) is 17.2 Å². The van der Waals surface area contributed by atoms with Crippen molar-refractivity contribution in [3.05, 3.63) is 65.5 Å². The number of hydrogen-bond acceptors (Lipinski definition) is 5. The van der Waals surface area contributed by atoms with Crippen LogP contribution in [-0.2, 0) is 6.54 Å². The summed E-state index contributed by atoms with van der Waals surface area (Å²) in [7, 11) is 0. The Bertz CT molecular complexity index is 1040. The second-order valence-electron chi connectivity index (χ2n) is 7.38. The number of benzene rings is 2. The maximum absolute atomic E-state index is 13.4. The molecule has 6 nitrogen and oxygen atoms in total. The monoisotopic (exact) mass is 390 g/mol. The maximum atomic E-state index is 13.4. The maximum Gasteiger partial charge on any atom is 0.276 e. The van der Waals surface area contributed by atoms with Crippen molar-refractivity contribution in [3.8, 4) is 23.0 Å². The van der Waals surface area contributed by atoms with E-state index in [1.165, 1.54) is 0 Å². The average Bonchev–Trinajstić information content (AvgIpc) is 3.33. The molecule has 29 heavy (non-hydrogen) atoms. The Labute approximate surface area is 169 Å². The zero-order chi connectivity index (χ0) is 19.8. The van der Waals surface area contributed by atoms with Gasteiger partial charge in [0.2, 0.25) is 12.7 Å². The molecule has 1 saturated carbocycles. The molecule has 0 unspecified atom stereocenters. The van der Waals surface area contributed by atoms with Gasteiger partial charge >= 0.3 is 0 Å². The lowest BCUT2D eigenvalue weighted by Gasteiger charge is -2.20. The molecule has 0 bridgehead atoms. The van der Waals surface area contributed by atoms with Crippen LogP contribution in [0.4, 0.5) is 0 Å². The van der Waals surface area contributed by atoms with Crippen molar-refractivity contribution in [1.82, 2.24) is 9.88 Å². The summed E-state index contributed by atoms with van der Waals surface area (Å²) in [6.07, 6.45) is 2.08. The van der Waals surface area contributed by atoms with Gasteiger partial charge in [-0.25, -0.2) is 4.98 Å². The predicted molar refractivity (Wildman–Crippen MR) is 107 cm³/mol. The number of hydrogen-bond donors (Lipinski definition) is 0. The minimum absolute atomic E-state index is 0.0991. The molecule has 0 radical (unpaired) electrons. The first-order valence-corrected chi connectivity index (χ1v) is 9.97. The fourth-order valence-electron chi connectivity index (χ4n) is 3.55. The molecule has 1 aromatic heterocycles. The Hall–Kier alpha value is -3.28. The molecule has 1 aliphatic carbocycles. The van der Waals surface area contributed by atoms with Crippen molar-refractivity contribution < 1.29 is 18.7 Å². The molecule has 0 N–H and O–H groups in total. The van der Waals surface area contributed by atoms with Crippen molar-refractivity contribution in [2.75, 3.05) is 13.3 Å². The lowest BCUT2D eigenvalue weighted by molar-refractivity contribution is 0.0745. The van der Waals surface area contributed by atoms with E-state index in [9.17, 15) is 4.79 Å². The number of fused-ring (bicyclic) bond motifs is 1. The van der Waals surface area contributed by atoms with Crippen LogP contribution in [0.25, 0.3) is 11.5 Å². The van der Waals surface area contributed by atoms with Crippen LogP contribution in [0.15, 0.2) is 52.9 Å². The number of aromatic nitrogens is 1. The Morgan fingerprint density at radius 3 is 2.66 bits per heavy atom. The Kier molecular flexibility index (Phi) is 4.46. The van der Waals surface area contributed by atoms with E-state index in [0.717, 1.165) is 41.2 Å². The van der Waals surface area contributed by atoms with Crippen molar-refractivity contribution in [2.24, 2.45) is 0 Å². The summed E-state index contributed by atoms with van der Waals surface area (Å²) in [4.78, 5) is 19.8. The number of carbonyl (C=O) groups is 1. The topological polar surface area (TPSA) is 64.8 Å². The van der Waals surface area contributed by atoms with Crippen molar-refractivity contribution in [3.63, 3.8) is 0 Å². The number of rotatable bonds is 6. The van der Waals surface area contributed by atoms with Crippen LogP contribution in [0.1, 0.15) is 47.5 Å². The summed E-state index contributed by atoms with van der Waals surface area (Å²) in [6, 6.07) is 15.5. The van der Waals surface area contributed by atoms with Crippen LogP contribution in [-0.4, -0.2) is 29.1 Å². The fourth-order valence-corrected chi connectivity index (χ4v) is 3.55. The molecule has 1 fully saturated rings. The number of carbonyl (C=O) groups excluding carboxylic acids is 1. The number of ether oxygens (including phenoxy) is 2. The molecule has 0 spiro atoms. The third kappa shape index (κ3) is 3.46. The van der Waals surface area contributed by atoms with Gasteiger partial charge in [-0.05, 0) is 49.6 Å². The van der Waals surface area contributed by atoms with Gasteiger partial charge in [0.25, 0.3) is 5.91 Å². The molecule has 3 aromatic rings. The van der Waals surface area contributed by atoms with Crippen LogP contribution in [0.2, 0.25) is 0 Å². The van der Waals surface area contributed by atoms with E-state index < -0.39 is 0 Å². The molecule has 0 saturated heterocycles. The van der Waals surface area contributed by atoms with Gasteiger partial charge < -0.3 is 18.8 Å². The quantitative estimate of drug-likeness (QED) is 0.615. The summed E-state index contributed by atoms with van der Waals surface area (Å²) >= 11 is 0. The van der Waals surface area contributed by atoms with Crippen molar-refractivity contribution in [1.29, 1.82) is 0 Å². The minimum Gasteiger partial charge on any atom is -0.454 e. The molecule has 2 aliphatic rings. The van der Waals surface area contributed by atoms with Crippen LogP contribution < -0.4 is 9.47 Å². The molecule has 2 aromatic carbocycles. The lowest BCUT2D eigenvalue weighted by Crippen LogP contribution is -2.31. The molecule has 6 heteroatoms. The Balaban J connectivity index is 1.43. The standard InChI is InChI=1S/C23H22N2O4/c1-2-25(13-15-8-11-18-19(12-15)28-14-27-18)23(26)20-21(16-9-10-16)29-22(24-20)17-6-4-3-5-7-17/h3-8,11-12,16H,2,9-10,13-14H2,1H3. The first-order chi connectivity index (χ1) is 14.2. The fraction of sp³-hybridized carbons (Fsp3) is 0.304. The summed E-state index contributed by atoms with van der Waals surface area (Å²) in [6.45, 7) is 3.26. The highest BCUT2D eigenvalue weighted by atomic mass is 16.7. The summed E-state index contributed by atoms with van der Waals surface area (Å²) in [5.74, 6) is 2.88. The van der Waals surface area contributed by atoms with Gasteiger partial charge in [0.1, 0.15) is 5.76 Å². The number of oxazole rings is 1. The Morgan fingerprint density at radius 1 is 1.10 bits per heavy atom. The molecule has 0 atom stereocenters. The zero-order valence-corrected chi connectivity index (χ0v) is 16.3. The minimum atomic E-state index is -0.0991. The molecule has 2 heterocycles. The molecular weight excluding hydrogens is 368 g/mol. The smallest absolute Gasteiger partial charge is 0.276 e. The molecule has 5 rings (SSSR count). The van der Waals surface area contributed by atoms with Gasteiger partial charge in [-0.1, -0.05) is 24.3 Å². The highest BCUT2D eigenvalue weighted by molar-refractivity contribution is 5.94. The van der Waals surface area contributed by atoms with Crippen molar-refractivity contribution in [2.45, 2.75) is 32.2 Å². The van der Waals surface area contributed by atoms with Crippen LogP contribution in [0.5, 0.6) is 11.5 Å². The summed E-state index contributed by atoms with van der Waals surface area (Å²) in [5, 5.41) is 0. The normalized spacial score (nSPS) is 14.8. The second kappa shape index (κ2) is 7.28. The first kappa shape index (κ1) is 17.8. The lowest BCUT2D eigenvalue weighted by atomic mass is 10.1. The highest BCUT2D eigenvalue weighted by Gasteiger charge is 2.35. The van der Waals surface area contributed by atoms with Crippen molar-refractivity contribution >= 4 is 5.91 Å². The number of nitrogens with zero attached hydrogens (tertiary/aromatic N) is 2. The summed E-state index contributed by atoms with van der Waals surface area (Å²) in [5.41, 5.74) is 2.31. The van der Waals surface area contributed by atoms with Gasteiger partial charge in [-0.15, -0.1) is 0 Å². The van der Waals surface area contributed by atoms with E-state index in [-0.39, 0.29) is 12.7 Å². The third-order valence-corrected chi connectivity index (χ3v) is 5.30. The number of amides is 1. The largest absolute Gasteiger partial charge is 0.454 e. The highest BCUT2D eigenvalue weighted by Crippen LogP contribution is 2.43. The average molecular weight is 390 g/mol. The van der Waals surface area contributed by atoms with Gasteiger partial charge in [-0.3, -0.25) is 4.79 Å². The zero-order valence-electron chi connectivity index (χ0n) is 16.3. The van der Waals surface area contributed by atoms with Crippen LogP contribution in [0.3, 0.4) is 0 Å². The molecule has 148 valence electrons. The molecule has 1 amide bonds. The van der Waals surface area contributed by atoms with E-state index in [4.69, 9.17) is 13.9 Å². The SMILES string of the molecule is CCN(Cc1ccc2c(c1)OCO2)C(=O)c1nc(-c2ccccc2)oc1C1CC1.